The van der Waals surface area contributed by atoms with Crippen molar-refractivity contribution in [2.24, 2.45) is 5.92 Å². The van der Waals surface area contributed by atoms with Crippen LogP contribution in [-0.4, -0.2) is 52.0 Å². The third-order valence-electron chi connectivity index (χ3n) is 5.99. The Hall–Kier alpha value is -1.43. The summed E-state index contributed by atoms with van der Waals surface area (Å²) in [5.74, 6) is 3.25. The smallest absolute Gasteiger partial charge is 0.229 e. The zero-order chi connectivity index (χ0) is 17.1. The van der Waals surface area contributed by atoms with Gasteiger partial charge in [-0.2, -0.15) is 4.98 Å². The maximum absolute atomic E-state index is 12.5. The van der Waals surface area contributed by atoms with Gasteiger partial charge in [0, 0.05) is 38.5 Å². The predicted octanol–water partition coefficient (Wildman–Crippen LogP) is 2.95. The molecule has 6 nitrogen and oxygen atoms in total. The van der Waals surface area contributed by atoms with Gasteiger partial charge in [0.25, 0.3) is 0 Å². The fraction of sp³-hybridized carbons (Fsp3) is 0.842. The summed E-state index contributed by atoms with van der Waals surface area (Å²) in [6, 6.07) is 0. The molecule has 2 aliphatic carbocycles. The number of aromatic nitrogens is 2. The van der Waals surface area contributed by atoms with Crippen molar-refractivity contribution in [3.05, 3.63) is 11.7 Å². The summed E-state index contributed by atoms with van der Waals surface area (Å²) >= 11 is 0. The SMILES string of the molecule is O=C(CCC1CCCCC1)N1CCN(Cc2noc(C3CC3)n2)CC1. The molecule has 0 bridgehead atoms. The molecule has 0 spiro atoms. The average molecular weight is 346 g/mol. The van der Waals surface area contributed by atoms with Crippen LogP contribution in [0.1, 0.15) is 75.4 Å². The van der Waals surface area contributed by atoms with Crippen molar-refractivity contribution in [2.75, 3.05) is 26.2 Å². The molecule has 0 radical (unpaired) electrons. The quantitative estimate of drug-likeness (QED) is 0.792. The number of amides is 1. The lowest BCUT2D eigenvalue weighted by atomic mass is 9.86. The molecule has 3 fully saturated rings. The summed E-state index contributed by atoms with van der Waals surface area (Å²) in [6.07, 6.45) is 10.9. The van der Waals surface area contributed by atoms with Crippen molar-refractivity contribution in [2.45, 2.75) is 70.3 Å². The first-order chi connectivity index (χ1) is 12.3. The molecule has 0 atom stereocenters. The normalized spacial score (nSPS) is 23.1. The summed E-state index contributed by atoms with van der Waals surface area (Å²) in [7, 11) is 0. The lowest BCUT2D eigenvalue weighted by Crippen LogP contribution is -2.48. The molecule has 1 aromatic rings. The Morgan fingerprint density at radius 3 is 2.52 bits per heavy atom. The van der Waals surface area contributed by atoms with Crippen LogP contribution in [0.4, 0.5) is 0 Å². The second-order valence-corrected chi connectivity index (χ2v) is 8.02. The molecule has 2 heterocycles. The Kier molecular flexibility index (Phi) is 5.34. The highest BCUT2D eigenvalue weighted by Crippen LogP contribution is 2.38. The Bertz CT molecular complexity index is 570. The topological polar surface area (TPSA) is 62.5 Å². The molecule has 0 aromatic carbocycles. The molecule has 0 unspecified atom stereocenters. The fourth-order valence-electron chi connectivity index (χ4n) is 4.14. The van der Waals surface area contributed by atoms with Crippen molar-refractivity contribution >= 4 is 5.91 Å². The van der Waals surface area contributed by atoms with Gasteiger partial charge in [-0.15, -0.1) is 0 Å². The first-order valence-corrected chi connectivity index (χ1v) is 10.1. The summed E-state index contributed by atoms with van der Waals surface area (Å²) in [5, 5.41) is 4.10. The van der Waals surface area contributed by atoms with E-state index in [2.05, 4.69) is 15.0 Å². The first-order valence-electron chi connectivity index (χ1n) is 10.1. The molecule has 4 rings (SSSR count). The number of nitrogens with zero attached hydrogens (tertiary/aromatic N) is 4. The third-order valence-corrected chi connectivity index (χ3v) is 5.99. The van der Waals surface area contributed by atoms with Gasteiger partial charge in [0.1, 0.15) is 0 Å². The molecule has 0 N–H and O–H groups in total. The van der Waals surface area contributed by atoms with E-state index in [-0.39, 0.29) is 0 Å². The molecular weight excluding hydrogens is 316 g/mol. The molecule has 1 aliphatic heterocycles. The molecule has 25 heavy (non-hydrogen) atoms. The molecule has 3 aliphatic rings. The number of carbonyl (C=O) groups is 1. The molecule has 1 amide bonds. The highest BCUT2D eigenvalue weighted by Gasteiger charge is 2.30. The summed E-state index contributed by atoms with van der Waals surface area (Å²) in [5.41, 5.74) is 0. The Morgan fingerprint density at radius 2 is 1.80 bits per heavy atom. The van der Waals surface area contributed by atoms with Crippen molar-refractivity contribution in [1.82, 2.24) is 19.9 Å². The Balaban J connectivity index is 1.17. The van der Waals surface area contributed by atoms with Gasteiger partial charge in [-0.05, 0) is 25.2 Å². The zero-order valence-corrected chi connectivity index (χ0v) is 15.2. The van der Waals surface area contributed by atoms with Gasteiger partial charge >= 0.3 is 0 Å². The predicted molar refractivity (Wildman–Crippen MR) is 93.9 cm³/mol. The number of piperazine rings is 1. The minimum atomic E-state index is 0.348. The van der Waals surface area contributed by atoms with Crippen LogP contribution in [0.5, 0.6) is 0 Å². The minimum absolute atomic E-state index is 0.348. The lowest BCUT2D eigenvalue weighted by Gasteiger charge is -2.34. The molecule has 6 heteroatoms. The average Bonchev–Trinajstić information content (AvgIpc) is 3.41. The molecule has 2 saturated carbocycles. The maximum Gasteiger partial charge on any atom is 0.229 e. The molecule has 138 valence electrons. The molecule has 1 aromatic heterocycles. The standard InChI is InChI=1S/C19H30N4O2/c24-18(9-6-15-4-2-1-3-5-15)23-12-10-22(11-13-23)14-17-20-19(25-21-17)16-7-8-16/h15-16H,1-14H2. The van der Waals surface area contributed by atoms with E-state index in [0.29, 0.717) is 11.8 Å². The summed E-state index contributed by atoms with van der Waals surface area (Å²) < 4.78 is 5.33. The van der Waals surface area contributed by atoms with Crippen LogP contribution in [0, 0.1) is 5.92 Å². The summed E-state index contributed by atoms with van der Waals surface area (Å²) in [4.78, 5) is 21.3. The highest BCUT2D eigenvalue weighted by atomic mass is 16.5. The Morgan fingerprint density at radius 1 is 1.04 bits per heavy atom. The van der Waals surface area contributed by atoms with Crippen molar-refractivity contribution < 1.29 is 9.32 Å². The van der Waals surface area contributed by atoms with E-state index in [1.165, 1.54) is 44.9 Å². The van der Waals surface area contributed by atoms with Gasteiger partial charge in [-0.3, -0.25) is 9.69 Å². The van der Waals surface area contributed by atoms with Gasteiger partial charge in [0.2, 0.25) is 11.8 Å². The van der Waals surface area contributed by atoms with Crippen LogP contribution in [-0.2, 0) is 11.3 Å². The first kappa shape index (κ1) is 17.0. The van der Waals surface area contributed by atoms with Crippen LogP contribution < -0.4 is 0 Å². The van der Waals surface area contributed by atoms with Gasteiger partial charge in [0.15, 0.2) is 5.82 Å². The second kappa shape index (κ2) is 7.85. The van der Waals surface area contributed by atoms with E-state index in [9.17, 15) is 4.79 Å². The minimum Gasteiger partial charge on any atom is -0.340 e. The maximum atomic E-state index is 12.5. The van der Waals surface area contributed by atoms with Crippen LogP contribution in [0.2, 0.25) is 0 Å². The second-order valence-electron chi connectivity index (χ2n) is 8.02. The van der Waals surface area contributed by atoms with Crippen molar-refractivity contribution in [3.63, 3.8) is 0 Å². The van der Waals surface area contributed by atoms with Crippen LogP contribution >= 0.6 is 0 Å². The number of rotatable bonds is 6. The van der Waals surface area contributed by atoms with Gasteiger partial charge < -0.3 is 9.42 Å². The third kappa shape index (κ3) is 4.60. The van der Waals surface area contributed by atoms with E-state index in [1.54, 1.807) is 0 Å². The van der Waals surface area contributed by atoms with Gasteiger partial charge in [0.05, 0.1) is 6.54 Å². The van der Waals surface area contributed by atoms with Crippen molar-refractivity contribution in [1.29, 1.82) is 0 Å². The number of hydrogen-bond acceptors (Lipinski definition) is 5. The van der Waals surface area contributed by atoms with E-state index in [4.69, 9.17) is 4.52 Å². The number of hydrogen-bond donors (Lipinski definition) is 0. The highest BCUT2D eigenvalue weighted by molar-refractivity contribution is 5.76. The van der Waals surface area contributed by atoms with Crippen LogP contribution in [0.25, 0.3) is 0 Å². The Labute approximate surface area is 149 Å². The van der Waals surface area contributed by atoms with Gasteiger partial charge in [-0.1, -0.05) is 37.3 Å². The zero-order valence-electron chi connectivity index (χ0n) is 15.2. The van der Waals surface area contributed by atoms with E-state index in [1.807, 2.05) is 4.90 Å². The largest absolute Gasteiger partial charge is 0.340 e. The summed E-state index contributed by atoms with van der Waals surface area (Å²) in [6.45, 7) is 4.21. The van der Waals surface area contributed by atoms with Crippen LogP contribution in [0.15, 0.2) is 4.52 Å². The van der Waals surface area contributed by atoms with E-state index >= 15 is 0 Å². The van der Waals surface area contributed by atoms with Crippen molar-refractivity contribution in [3.8, 4) is 0 Å². The van der Waals surface area contributed by atoms with E-state index < -0.39 is 0 Å². The van der Waals surface area contributed by atoms with Gasteiger partial charge in [-0.25, -0.2) is 0 Å². The monoisotopic (exact) mass is 346 g/mol. The molecule has 1 saturated heterocycles. The number of carbonyl (C=O) groups excluding carboxylic acids is 1. The lowest BCUT2D eigenvalue weighted by molar-refractivity contribution is -0.133. The van der Waals surface area contributed by atoms with Crippen LogP contribution in [0.3, 0.4) is 0 Å². The molecular formula is C19H30N4O2. The fourth-order valence-corrected chi connectivity index (χ4v) is 4.14. The van der Waals surface area contributed by atoms with E-state index in [0.717, 1.165) is 63.2 Å².